The summed E-state index contributed by atoms with van der Waals surface area (Å²) in [4.78, 5) is 15.8. The van der Waals surface area contributed by atoms with Crippen LogP contribution in [-0.2, 0) is 0 Å². The van der Waals surface area contributed by atoms with E-state index in [1.165, 1.54) is 6.42 Å². The fourth-order valence-electron chi connectivity index (χ4n) is 2.98. The summed E-state index contributed by atoms with van der Waals surface area (Å²) in [6, 6.07) is 8.00. The summed E-state index contributed by atoms with van der Waals surface area (Å²) < 4.78 is 5.78. The van der Waals surface area contributed by atoms with Crippen molar-refractivity contribution in [1.29, 1.82) is 0 Å². The van der Waals surface area contributed by atoms with Gasteiger partial charge in [0, 0.05) is 30.6 Å². The van der Waals surface area contributed by atoms with E-state index in [0.717, 1.165) is 41.6 Å². The SMILES string of the molecule is c1ccc2nc(N3CCCC(COc4nccs4)C3)cnc2c1. The average molecular weight is 326 g/mol. The van der Waals surface area contributed by atoms with Crippen LogP contribution in [-0.4, -0.2) is 34.6 Å². The summed E-state index contributed by atoms with van der Waals surface area (Å²) in [5.74, 6) is 1.46. The topological polar surface area (TPSA) is 51.1 Å². The van der Waals surface area contributed by atoms with Crippen molar-refractivity contribution < 1.29 is 4.74 Å². The molecule has 0 N–H and O–H groups in total. The maximum atomic E-state index is 5.78. The number of benzene rings is 1. The first-order chi connectivity index (χ1) is 11.4. The van der Waals surface area contributed by atoms with E-state index in [4.69, 9.17) is 9.72 Å². The third-order valence-electron chi connectivity index (χ3n) is 4.13. The van der Waals surface area contributed by atoms with Crippen molar-refractivity contribution in [3.63, 3.8) is 0 Å². The lowest BCUT2D eigenvalue weighted by atomic mass is 9.99. The van der Waals surface area contributed by atoms with Crippen molar-refractivity contribution in [3.8, 4) is 5.19 Å². The van der Waals surface area contributed by atoms with Crippen molar-refractivity contribution in [2.24, 2.45) is 5.92 Å². The van der Waals surface area contributed by atoms with Gasteiger partial charge in [0.05, 0.1) is 23.8 Å². The average Bonchev–Trinajstić information content (AvgIpc) is 3.13. The van der Waals surface area contributed by atoms with Crippen LogP contribution in [0, 0.1) is 5.92 Å². The van der Waals surface area contributed by atoms with Gasteiger partial charge in [-0.1, -0.05) is 23.5 Å². The minimum atomic E-state index is 0.501. The predicted octanol–water partition coefficient (Wildman–Crippen LogP) is 3.38. The Labute approximate surface area is 139 Å². The Bertz CT molecular complexity index is 777. The first kappa shape index (κ1) is 14.4. The highest BCUT2D eigenvalue weighted by Gasteiger charge is 2.22. The van der Waals surface area contributed by atoms with Crippen molar-refractivity contribution in [3.05, 3.63) is 42.0 Å². The van der Waals surface area contributed by atoms with Gasteiger partial charge in [-0.2, -0.15) is 0 Å². The molecule has 0 aliphatic carbocycles. The molecule has 1 atom stereocenters. The quantitative estimate of drug-likeness (QED) is 0.735. The highest BCUT2D eigenvalue weighted by atomic mass is 32.1. The number of rotatable bonds is 4. The van der Waals surface area contributed by atoms with Crippen LogP contribution >= 0.6 is 11.3 Å². The molecule has 0 radical (unpaired) electrons. The number of thiazole rings is 1. The molecule has 4 rings (SSSR count). The largest absolute Gasteiger partial charge is 0.470 e. The van der Waals surface area contributed by atoms with Crippen LogP contribution in [0.15, 0.2) is 42.0 Å². The summed E-state index contributed by atoms with van der Waals surface area (Å²) in [6.07, 6.45) is 5.99. The zero-order chi connectivity index (χ0) is 15.5. The molecule has 1 aromatic carbocycles. The Morgan fingerprint density at radius 2 is 2.13 bits per heavy atom. The highest BCUT2D eigenvalue weighted by Crippen LogP contribution is 2.24. The smallest absolute Gasteiger partial charge is 0.273 e. The van der Waals surface area contributed by atoms with E-state index in [9.17, 15) is 0 Å². The molecular weight excluding hydrogens is 308 g/mol. The lowest BCUT2D eigenvalue weighted by molar-refractivity contribution is 0.227. The van der Waals surface area contributed by atoms with Crippen LogP contribution in [0.5, 0.6) is 5.19 Å². The fraction of sp³-hybridized carbons (Fsp3) is 0.353. The summed E-state index contributed by atoms with van der Waals surface area (Å²) >= 11 is 1.54. The molecule has 23 heavy (non-hydrogen) atoms. The molecule has 0 amide bonds. The number of hydrogen-bond acceptors (Lipinski definition) is 6. The predicted molar refractivity (Wildman–Crippen MR) is 92.1 cm³/mol. The van der Waals surface area contributed by atoms with Gasteiger partial charge < -0.3 is 9.64 Å². The highest BCUT2D eigenvalue weighted by molar-refractivity contribution is 7.11. The minimum absolute atomic E-state index is 0.501. The number of piperidine rings is 1. The molecule has 3 aromatic rings. The Morgan fingerprint density at radius 1 is 1.22 bits per heavy atom. The summed E-state index contributed by atoms with van der Waals surface area (Å²) in [7, 11) is 0. The van der Waals surface area contributed by atoms with E-state index >= 15 is 0 Å². The molecule has 1 fully saturated rings. The van der Waals surface area contributed by atoms with Gasteiger partial charge in [0.1, 0.15) is 5.82 Å². The van der Waals surface area contributed by atoms with Crippen LogP contribution in [0.1, 0.15) is 12.8 Å². The van der Waals surface area contributed by atoms with Gasteiger partial charge >= 0.3 is 0 Å². The molecule has 0 saturated carbocycles. The van der Waals surface area contributed by atoms with E-state index in [1.807, 2.05) is 35.8 Å². The summed E-state index contributed by atoms with van der Waals surface area (Å²) in [5.41, 5.74) is 1.89. The van der Waals surface area contributed by atoms with Gasteiger partial charge in [0.2, 0.25) is 0 Å². The maximum absolute atomic E-state index is 5.78. The maximum Gasteiger partial charge on any atom is 0.273 e. The third-order valence-corrected chi connectivity index (χ3v) is 4.81. The van der Waals surface area contributed by atoms with Gasteiger partial charge in [-0.15, -0.1) is 0 Å². The van der Waals surface area contributed by atoms with Gasteiger partial charge in [-0.05, 0) is 25.0 Å². The monoisotopic (exact) mass is 326 g/mol. The normalized spacial score (nSPS) is 18.3. The second kappa shape index (κ2) is 6.50. The minimum Gasteiger partial charge on any atom is -0.470 e. The third kappa shape index (κ3) is 3.27. The van der Waals surface area contributed by atoms with E-state index in [2.05, 4.69) is 14.9 Å². The van der Waals surface area contributed by atoms with Gasteiger partial charge in [-0.25, -0.2) is 9.97 Å². The Hall–Kier alpha value is -2.21. The molecule has 6 heteroatoms. The Morgan fingerprint density at radius 3 is 3.00 bits per heavy atom. The zero-order valence-corrected chi connectivity index (χ0v) is 13.6. The Kier molecular flexibility index (Phi) is 4.06. The van der Waals surface area contributed by atoms with E-state index in [-0.39, 0.29) is 0 Å². The second-order valence-electron chi connectivity index (χ2n) is 5.78. The molecule has 1 unspecified atom stereocenters. The van der Waals surface area contributed by atoms with Gasteiger partial charge in [0.15, 0.2) is 0 Å². The molecule has 1 aliphatic heterocycles. The standard InChI is InChI=1S/C17H18N4OS/c1-2-6-15-14(5-1)19-10-16(20-15)21-8-3-4-13(11-21)12-22-17-18-7-9-23-17/h1-2,5-7,9-10,13H,3-4,8,11-12H2. The van der Waals surface area contributed by atoms with Gasteiger partial charge in [-0.3, -0.25) is 4.98 Å². The molecule has 1 aliphatic rings. The van der Waals surface area contributed by atoms with Crippen LogP contribution in [0.4, 0.5) is 5.82 Å². The van der Waals surface area contributed by atoms with E-state index in [0.29, 0.717) is 12.5 Å². The van der Waals surface area contributed by atoms with Gasteiger partial charge in [0.25, 0.3) is 5.19 Å². The van der Waals surface area contributed by atoms with Crippen LogP contribution in [0.2, 0.25) is 0 Å². The van der Waals surface area contributed by atoms with E-state index in [1.54, 1.807) is 17.5 Å². The van der Waals surface area contributed by atoms with Crippen molar-refractivity contribution in [2.45, 2.75) is 12.8 Å². The van der Waals surface area contributed by atoms with Crippen LogP contribution in [0.25, 0.3) is 11.0 Å². The summed E-state index contributed by atoms with van der Waals surface area (Å²) in [5, 5.41) is 2.69. The number of anilines is 1. The molecule has 3 heterocycles. The van der Waals surface area contributed by atoms with Crippen LogP contribution < -0.4 is 9.64 Å². The number of hydrogen-bond donors (Lipinski definition) is 0. The first-order valence-electron chi connectivity index (χ1n) is 7.87. The number of aromatic nitrogens is 3. The number of para-hydroxylation sites is 2. The number of nitrogens with zero attached hydrogens (tertiary/aromatic N) is 4. The first-order valence-corrected chi connectivity index (χ1v) is 8.75. The van der Waals surface area contributed by atoms with E-state index < -0.39 is 0 Å². The van der Waals surface area contributed by atoms with Crippen molar-refractivity contribution >= 4 is 28.2 Å². The zero-order valence-electron chi connectivity index (χ0n) is 12.8. The van der Waals surface area contributed by atoms with Crippen LogP contribution in [0.3, 0.4) is 0 Å². The molecular formula is C17H18N4OS. The molecule has 2 aromatic heterocycles. The second-order valence-corrected chi connectivity index (χ2v) is 6.64. The molecule has 118 valence electrons. The van der Waals surface area contributed by atoms with Crippen molar-refractivity contribution in [2.75, 3.05) is 24.6 Å². The Balaban J connectivity index is 1.45. The number of ether oxygens (including phenoxy) is 1. The molecule has 0 bridgehead atoms. The molecule has 0 spiro atoms. The molecule has 5 nitrogen and oxygen atoms in total. The number of fused-ring (bicyclic) bond motifs is 1. The lowest BCUT2D eigenvalue weighted by Gasteiger charge is -2.33. The molecule has 1 saturated heterocycles. The lowest BCUT2D eigenvalue weighted by Crippen LogP contribution is -2.38. The van der Waals surface area contributed by atoms with Crippen molar-refractivity contribution in [1.82, 2.24) is 15.0 Å². The summed E-state index contributed by atoms with van der Waals surface area (Å²) in [6.45, 7) is 2.70. The fourth-order valence-corrected chi connectivity index (χ4v) is 3.48.